The second-order valence-corrected chi connectivity index (χ2v) is 11.1. The summed E-state index contributed by atoms with van der Waals surface area (Å²) in [5.74, 6) is 0. The molecule has 0 amide bonds. The summed E-state index contributed by atoms with van der Waals surface area (Å²) in [6, 6.07) is 19.4. The van der Waals surface area contributed by atoms with Crippen LogP contribution in [0.2, 0.25) is 5.02 Å². The Kier molecular flexibility index (Phi) is 7.61. The van der Waals surface area contributed by atoms with E-state index in [9.17, 15) is 8.42 Å². The van der Waals surface area contributed by atoms with Crippen LogP contribution in [0.25, 0.3) is 0 Å². The zero-order chi connectivity index (χ0) is 21.9. The Bertz CT molecular complexity index is 1120. The largest absolute Gasteiger partial charge is 0.243 e. The minimum atomic E-state index is -3.67. The molecule has 0 heterocycles. The Morgan fingerprint density at radius 2 is 1.53 bits per heavy atom. The van der Waals surface area contributed by atoms with Gasteiger partial charge in [0.1, 0.15) is 0 Å². The summed E-state index contributed by atoms with van der Waals surface area (Å²) in [7, 11) is -3.67. The maximum atomic E-state index is 13.7. The van der Waals surface area contributed by atoms with Gasteiger partial charge in [-0.3, -0.25) is 0 Å². The van der Waals surface area contributed by atoms with Crippen LogP contribution in [0.15, 0.2) is 65.6 Å². The van der Waals surface area contributed by atoms with Crippen molar-refractivity contribution in [3.8, 4) is 0 Å². The number of hydrogen-bond acceptors (Lipinski definition) is 2. The smallest absolute Gasteiger partial charge is 0.207 e. The molecule has 0 fully saturated rings. The van der Waals surface area contributed by atoms with Crippen molar-refractivity contribution in [2.45, 2.75) is 38.6 Å². The lowest BCUT2D eigenvalue weighted by Gasteiger charge is -2.25. The molecule has 158 valence electrons. The van der Waals surface area contributed by atoms with E-state index in [-0.39, 0.29) is 0 Å². The number of nitrogens with zero attached hydrogens (tertiary/aromatic N) is 1. The van der Waals surface area contributed by atoms with Crippen molar-refractivity contribution in [3.05, 3.63) is 97.1 Å². The normalized spacial score (nSPS) is 11.8. The van der Waals surface area contributed by atoms with Crippen LogP contribution in [0.3, 0.4) is 0 Å². The molecule has 0 atom stereocenters. The van der Waals surface area contributed by atoms with Crippen molar-refractivity contribution in [1.29, 1.82) is 0 Å². The molecular weight excluding hydrogens is 529 g/mol. The van der Waals surface area contributed by atoms with Crippen molar-refractivity contribution < 1.29 is 8.42 Å². The summed E-state index contributed by atoms with van der Waals surface area (Å²) in [5.41, 5.74) is 4.60. The minimum Gasteiger partial charge on any atom is -0.207 e. The molecule has 0 aliphatic rings. The number of halogens is 2. The highest BCUT2D eigenvalue weighted by molar-refractivity contribution is 14.1. The number of benzene rings is 3. The molecule has 0 aromatic heterocycles. The first-order chi connectivity index (χ1) is 14.2. The molecule has 3 aromatic rings. The molecule has 0 saturated heterocycles. The van der Waals surface area contributed by atoms with Gasteiger partial charge in [-0.2, -0.15) is 4.31 Å². The molecule has 0 aliphatic carbocycles. The molecule has 0 aliphatic heterocycles. The van der Waals surface area contributed by atoms with E-state index in [1.807, 2.05) is 81.4 Å². The van der Waals surface area contributed by atoms with Crippen molar-refractivity contribution in [2.24, 2.45) is 0 Å². The predicted molar refractivity (Wildman–Crippen MR) is 133 cm³/mol. The topological polar surface area (TPSA) is 37.4 Å². The molecular formula is C24H25ClINO2S. The highest BCUT2D eigenvalue weighted by Gasteiger charge is 2.28. The highest BCUT2D eigenvalue weighted by atomic mass is 127. The second kappa shape index (κ2) is 9.81. The summed E-state index contributed by atoms with van der Waals surface area (Å²) >= 11 is 8.36. The molecule has 3 nitrogen and oxygen atoms in total. The lowest BCUT2D eigenvalue weighted by molar-refractivity contribution is 0.409. The third kappa shape index (κ3) is 5.63. The average molecular weight is 554 g/mol. The van der Waals surface area contributed by atoms with Gasteiger partial charge in [-0.1, -0.05) is 53.6 Å². The summed E-state index contributed by atoms with van der Waals surface area (Å²) < 4.78 is 30.2. The van der Waals surface area contributed by atoms with Gasteiger partial charge in [0, 0.05) is 21.7 Å². The predicted octanol–water partition coefficient (Wildman–Crippen LogP) is 6.30. The van der Waals surface area contributed by atoms with Crippen LogP contribution >= 0.6 is 34.2 Å². The van der Waals surface area contributed by atoms with E-state index < -0.39 is 10.0 Å². The Hall–Kier alpha value is -1.41. The number of sulfonamides is 1. The Balaban J connectivity index is 1.97. The van der Waals surface area contributed by atoms with Crippen molar-refractivity contribution >= 4 is 44.2 Å². The van der Waals surface area contributed by atoms with Gasteiger partial charge in [-0.25, -0.2) is 8.42 Å². The molecule has 3 rings (SSSR count). The van der Waals surface area contributed by atoms with Gasteiger partial charge >= 0.3 is 0 Å². The van der Waals surface area contributed by atoms with Gasteiger partial charge in [-0.05, 0) is 96.3 Å². The number of hydrogen-bond donors (Lipinski definition) is 0. The third-order valence-electron chi connectivity index (χ3n) is 5.01. The fourth-order valence-electron chi connectivity index (χ4n) is 3.73. The van der Waals surface area contributed by atoms with E-state index in [4.69, 9.17) is 11.6 Å². The van der Waals surface area contributed by atoms with Gasteiger partial charge in [0.15, 0.2) is 0 Å². The fraction of sp³-hybridized carbons (Fsp3) is 0.250. The van der Waals surface area contributed by atoms with E-state index in [0.717, 1.165) is 31.4 Å². The quantitative estimate of drug-likeness (QED) is 0.322. The lowest BCUT2D eigenvalue weighted by Crippen LogP contribution is -2.33. The van der Waals surface area contributed by atoms with Crippen LogP contribution in [0.5, 0.6) is 0 Å². The Morgan fingerprint density at radius 3 is 2.13 bits per heavy atom. The zero-order valence-corrected chi connectivity index (χ0v) is 21.1. The summed E-state index contributed by atoms with van der Waals surface area (Å²) in [5, 5.41) is 0.657. The van der Waals surface area contributed by atoms with Gasteiger partial charge in [0.05, 0.1) is 4.90 Å². The molecule has 0 radical (unpaired) electrons. The second-order valence-electron chi connectivity index (χ2n) is 7.57. The molecule has 3 aromatic carbocycles. The molecule has 0 N–H and O–H groups in total. The van der Waals surface area contributed by atoms with E-state index in [2.05, 4.69) is 22.6 Å². The molecule has 0 bridgehead atoms. The standard InChI is InChI=1S/C24H25ClINO2S/c1-17-13-18(2)24(19(3)14-17)30(28,29)27(16-21-7-9-23(26)10-8-21)12-11-20-5-4-6-22(25)15-20/h4-10,13-15H,11-12,16H2,1-3H3. The maximum absolute atomic E-state index is 13.7. The van der Waals surface area contributed by atoms with E-state index in [0.29, 0.717) is 29.4 Å². The van der Waals surface area contributed by atoms with Crippen LogP contribution < -0.4 is 0 Å². The third-order valence-corrected chi connectivity index (χ3v) is 8.12. The summed E-state index contributed by atoms with van der Waals surface area (Å²) in [6.07, 6.45) is 0.591. The maximum Gasteiger partial charge on any atom is 0.243 e. The molecule has 6 heteroatoms. The molecule has 0 unspecified atom stereocenters. The van der Waals surface area contributed by atoms with Gasteiger partial charge in [-0.15, -0.1) is 0 Å². The molecule has 30 heavy (non-hydrogen) atoms. The van der Waals surface area contributed by atoms with Gasteiger partial charge < -0.3 is 0 Å². The van der Waals surface area contributed by atoms with Gasteiger partial charge in [0.25, 0.3) is 0 Å². The monoisotopic (exact) mass is 553 g/mol. The average Bonchev–Trinajstić information content (AvgIpc) is 2.65. The van der Waals surface area contributed by atoms with Crippen LogP contribution in [0.4, 0.5) is 0 Å². The first-order valence-corrected chi connectivity index (χ1v) is 12.6. The van der Waals surface area contributed by atoms with Crippen molar-refractivity contribution in [2.75, 3.05) is 6.54 Å². The molecule has 0 spiro atoms. The van der Waals surface area contributed by atoms with Gasteiger partial charge in [0.2, 0.25) is 10.0 Å². The number of rotatable bonds is 7. The zero-order valence-electron chi connectivity index (χ0n) is 17.3. The van der Waals surface area contributed by atoms with Crippen LogP contribution in [-0.4, -0.2) is 19.3 Å². The van der Waals surface area contributed by atoms with Crippen molar-refractivity contribution in [3.63, 3.8) is 0 Å². The minimum absolute atomic E-state index is 0.326. The lowest BCUT2D eigenvalue weighted by atomic mass is 10.1. The van der Waals surface area contributed by atoms with E-state index in [1.54, 1.807) is 4.31 Å². The first kappa shape index (κ1) is 23.3. The van der Waals surface area contributed by atoms with E-state index >= 15 is 0 Å². The van der Waals surface area contributed by atoms with Crippen molar-refractivity contribution in [1.82, 2.24) is 4.31 Å². The molecule has 0 saturated carbocycles. The van der Waals surface area contributed by atoms with E-state index in [1.165, 1.54) is 0 Å². The van der Waals surface area contributed by atoms with Crippen LogP contribution in [0, 0.1) is 24.3 Å². The summed E-state index contributed by atoms with van der Waals surface area (Å²) in [4.78, 5) is 0.407. The summed E-state index contributed by atoms with van der Waals surface area (Å²) in [6.45, 7) is 6.42. The Labute approximate surface area is 198 Å². The fourth-order valence-corrected chi connectivity index (χ4v) is 6.14. The Morgan fingerprint density at radius 1 is 0.900 bits per heavy atom. The number of aryl methyl sites for hydroxylation is 3. The highest BCUT2D eigenvalue weighted by Crippen LogP contribution is 2.27. The SMILES string of the molecule is Cc1cc(C)c(S(=O)(=O)N(CCc2cccc(Cl)c2)Cc2ccc(I)cc2)c(C)c1. The van der Waals surface area contributed by atoms with Crippen LogP contribution in [-0.2, 0) is 23.0 Å². The first-order valence-electron chi connectivity index (χ1n) is 9.73. The van der Waals surface area contributed by atoms with Crippen LogP contribution in [0.1, 0.15) is 27.8 Å².